The van der Waals surface area contributed by atoms with Gasteiger partial charge in [-0.15, -0.1) is 11.3 Å². The fourth-order valence-electron chi connectivity index (χ4n) is 1.27. The lowest BCUT2D eigenvalue weighted by atomic mass is 10.1. The second kappa shape index (κ2) is 3.77. The van der Waals surface area contributed by atoms with Gasteiger partial charge in [0.15, 0.2) is 0 Å². The Morgan fingerprint density at radius 2 is 2.21 bits per heavy atom. The van der Waals surface area contributed by atoms with Gasteiger partial charge in [-0.25, -0.2) is 4.98 Å². The number of hydrogen-bond acceptors (Lipinski definition) is 4. The molecule has 2 rings (SSSR count). The van der Waals surface area contributed by atoms with Gasteiger partial charge in [-0.3, -0.25) is 0 Å². The predicted molar refractivity (Wildman–Crippen MR) is 59.9 cm³/mol. The summed E-state index contributed by atoms with van der Waals surface area (Å²) in [6.45, 7) is 0.526. The zero-order valence-electron chi connectivity index (χ0n) is 7.60. The van der Waals surface area contributed by atoms with E-state index in [1.54, 1.807) is 17.5 Å². The number of hydrogen-bond donors (Lipinski definition) is 2. The van der Waals surface area contributed by atoms with Crippen LogP contribution in [0.1, 0.15) is 5.56 Å². The lowest BCUT2D eigenvalue weighted by Gasteiger charge is -2.04. The molecule has 1 aromatic carbocycles. The van der Waals surface area contributed by atoms with Gasteiger partial charge in [-0.05, 0) is 17.7 Å². The van der Waals surface area contributed by atoms with Crippen LogP contribution in [-0.2, 0) is 6.54 Å². The molecule has 4 N–H and O–H groups in total. The summed E-state index contributed by atoms with van der Waals surface area (Å²) in [6.07, 6.45) is 1.77. The Bertz CT molecular complexity index is 423. The molecule has 72 valence electrons. The molecule has 1 heterocycles. The Morgan fingerprint density at radius 1 is 1.36 bits per heavy atom. The van der Waals surface area contributed by atoms with Gasteiger partial charge in [0.25, 0.3) is 0 Å². The highest BCUT2D eigenvalue weighted by molar-refractivity contribution is 7.13. The number of rotatable bonds is 2. The molecule has 0 saturated heterocycles. The third-order valence-electron chi connectivity index (χ3n) is 2.02. The van der Waals surface area contributed by atoms with Gasteiger partial charge < -0.3 is 11.5 Å². The number of aromatic nitrogens is 1. The van der Waals surface area contributed by atoms with Crippen LogP contribution in [0, 0.1) is 0 Å². The first kappa shape index (κ1) is 9.18. The second-order valence-corrected chi connectivity index (χ2v) is 3.86. The van der Waals surface area contributed by atoms with Crippen LogP contribution in [0.15, 0.2) is 29.8 Å². The van der Waals surface area contributed by atoms with Crippen LogP contribution in [0.4, 0.5) is 5.69 Å². The smallest absolute Gasteiger partial charge is 0.125 e. The van der Waals surface area contributed by atoms with Crippen molar-refractivity contribution in [1.82, 2.24) is 4.98 Å². The van der Waals surface area contributed by atoms with Crippen molar-refractivity contribution in [3.63, 3.8) is 0 Å². The van der Waals surface area contributed by atoms with Crippen LogP contribution < -0.4 is 11.5 Å². The highest BCUT2D eigenvalue weighted by Crippen LogP contribution is 2.28. The summed E-state index contributed by atoms with van der Waals surface area (Å²) < 4.78 is 0. The van der Waals surface area contributed by atoms with E-state index in [9.17, 15) is 0 Å². The number of nitrogen functional groups attached to an aromatic ring is 1. The van der Waals surface area contributed by atoms with E-state index >= 15 is 0 Å². The zero-order chi connectivity index (χ0) is 9.97. The Morgan fingerprint density at radius 3 is 2.86 bits per heavy atom. The number of nitrogens with two attached hydrogens (primary N) is 2. The van der Waals surface area contributed by atoms with Crippen molar-refractivity contribution in [2.45, 2.75) is 6.54 Å². The Labute approximate surface area is 86.4 Å². The molecule has 3 nitrogen and oxygen atoms in total. The third kappa shape index (κ3) is 1.62. The summed E-state index contributed by atoms with van der Waals surface area (Å²) in [4.78, 5) is 4.22. The molecule has 0 aliphatic carbocycles. The maximum absolute atomic E-state index is 5.86. The molecule has 1 aromatic heterocycles. The lowest BCUT2D eigenvalue weighted by molar-refractivity contribution is 1.07. The maximum atomic E-state index is 5.86. The van der Waals surface area contributed by atoms with Crippen molar-refractivity contribution in [2.75, 3.05) is 5.73 Å². The zero-order valence-corrected chi connectivity index (χ0v) is 8.42. The van der Waals surface area contributed by atoms with E-state index in [0.29, 0.717) is 6.54 Å². The molecule has 0 saturated carbocycles. The van der Waals surface area contributed by atoms with Crippen LogP contribution in [0.25, 0.3) is 10.6 Å². The van der Waals surface area contributed by atoms with Crippen molar-refractivity contribution in [3.05, 3.63) is 35.3 Å². The third-order valence-corrected chi connectivity index (χ3v) is 2.82. The second-order valence-electron chi connectivity index (χ2n) is 2.96. The van der Waals surface area contributed by atoms with E-state index in [4.69, 9.17) is 11.5 Å². The van der Waals surface area contributed by atoms with Gasteiger partial charge in [0, 0.05) is 29.4 Å². The summed E-state index contributed by atoms with van der Waals surface area (Å²) in [7, 11) is 0. The normalized spacial score (nSPS) is 10.4. The molecule has 0 amide bonds. The molecular formula is C10H11N3S. The molecule has 0 radical (unpaired) electrons. The monoisotopic (exact) mass is 205 g/mol. The lowest BCUT2D eigenvalue weighted by Crippen LogP contribution is -1.98. The summed E-state index contributed by atoms with van der Waals surface area (Å²) in [5.41, 5.74) is 14.2. The van der Waals surface area contributed by atoms with Crippen LogP contribution >= 0.6 is 11.3 Å². The number of benzene rings is 1. The van der Waals surface area contributed by atoms with E-state index in [1.807, 2.05) is 23.6 Å². The van der Waals surface area contributed by atoms with Crippen LogP contribution in [0.2, 0.25) is 0 Å². The van der Waals surface area contributed by atoms with E-state index in [0.717, 1.165) is 21.8 Å². The Kier molecular flexibility index (Phi) is 2.47. The number of nitrogens with zero attached hydrogens (tertiary/aromatic N) is 1. The van der Waals surface area contributed by atoms with Gasteiger partial charge in [0.1, 0.15) is 5.01 Å². The highest BCUT2D eigenvalue weighted by Gasteiger charge is 2.05. The first-order valence-electron chi connectivity index (χ1n) is 4.29. The largest absolute Gasteiger partial charge is 0.398 e. The quantitative estimate of drug-likeness (QED) is 0.735. The van der Waals surface area contributed by atoms with Crippen molar-refractivity contribution in [3.8, 4) is 10.6 Å². The fraction of sp³-hybridized carbons (Fsp3) is 0.100. The molecule has 0 spiro atoms. The van der Waals surface area contributed by atoms with Gasteiger partial charge >= 0.3 is 0 Å². The molecule has 0 unspecified atom stereocenters. The van der Waals surface area contributed by atoms with Crippen molar-refractivity contribution in [2.24, 2.45) is 5.73 Å². The molecule has 0 bridgehead atoms. The van der Waals surface area contributed by atoms with Crippen LogP contribution in [0.5, 0.6) is 0 Å². The van der Waals surface area contributed by atoms with Crippen molar-refractivity contribution in [1.29, 1.82) is 0 Å². The first-order chi connectivity index (χ1) is 6.81. The molecule has 0 fully saturated rings. The molecular weight excluding hydrogens is 194 g/mol. The molecule has 0 aliphatic heterocycles. The summed E-state index contributed by atoms with van der Waals surface area (Å²) in [6, 6.07) is 5.81. The summed E-state index contributed by atoms with van der Waals surface area (Å²) in [5, 5.41) is 2.88. The average Bonchev–Trinajstić information content (AvgIpc) is 2.71. The predicted octanol–water partition coefficient (Wildman–Crippen LogP) is 1.85. The summed E-state index contributed by atoms with van der Waals surface area (Å²) >= 11 is 1.58. The number of thiazole rings is 1. The minimum absolute atomic E-state index is 0.526. The van der Waals surface area contributed by atoms with Gasteiger partial charge in [0.2, 0.25) is 0 Å². The van der Waals surface area contributed by atoms with Crippen molar-refractivity contribution >= 4 is 17.0 Å². The molecule has 2 aromatic rings. The van der Waals surface area contributed by atoms with E-state index in [2.05, 4.69) is 4.98 Å². The van der Waals surface area contributed by atoms with Gasteiger partial charge in [0.05, 0.1) is 0 Å². The van der Waals surface area contributed by atoms with Gasteiger partial charge in [-0.2, -0.15) is 0 Å². The Hall–Kier alpha value is -1.39. The number of anilines is 1. The van der Waals surface area contributed by atoms with Crippen molar-refractivity contribution < 1.29 is 0 Å². The molecule has 4 heteroatoms. The van der Waals surface area contributed by atoms with Crippen LogP contribution in [0.3, 0.4) is 0 Å². The van der Waals surface area contributed by atoms with E-state index in [1.165, 1.54) is 0 Å². The minimum Gasteiger partial charge on any atom is -0.398 e. The molecule has 0 atom stereocenters. The maximum Gasteiger partial charge on any atom is 0.125 e. The SMILES string of the molecule is NCc1ccc(N)c(-c2nccs2)c1. The van der Waals surface area contributed by atoms with Gasteiger partial charge in [-0.1, -0.05) is 6.07 Å². The summed E-state index contributed by atoms with van der Waals surface area (Å²) in [5.74, 6) is 0. The Balaban J connectivity index is 2.51. The average molecular weight is 205 g/mol. The first-order valence-corrected chi connectivity index (χ1v) is 5.17. The van der Waals surface area contributed by atoms with Crippen LogP contribution in [-0.4, -0.2) is 4.98 Å². The highest BCUT2D eigenvalue weighted by atomic mass is 32.1. The fourth-order valence-corrected chi connectivity index (χ4v) is 1.95. The van der Waals surface area contributed by atoms with E-state index in [-0.39, 0.29) is 0 Å². The van der Waals surface area contributed by atoms with E-state index < -0.39 is 0 Å². The standard InChI is InChI=1S/C10H11N3S/c11-6-7-1-2-9(12)8(5-7)10-13-3-4-14-10/h1-5H,6,11-12H2. The molecule has 0 aliphatic rings. The minimum atomic E-state index is 0.526. The molecule has 14 heavy (non-hydrogen) atoms. The topological polar surface area (TPSA) is 64.9 Å².